The number of aliphatic hydroxyl groups excluding tert-OH is 1. The normalized spacial score (nSPS) is 15.6. The number of aromatic amines is 1. The molecule has 192 valence electrons. The fourth-order valence-corrected chi connectivity index (χ4v) is 3.65. The number of carboxylic acids is 1. The highest BCUT2D eigenvalue weighted by molar-refractivity contribution is 5.94. The first-order valence-electron chi connectivity index (χ1n) is 11.5. The Bertz CT molecular complexity index is 1050. The molecule has 0 aliphatic heterocycles. The fraction of sp³-hybridized carbons (Fsp3) is 0.500. The highest BCUT2D eigenvalue weighted by Gasteiger charge is 2.31. The van der Waals surface area contributed by atoms with Gasteiger partial charge in [-0.2, -0.15) is 0 Å². The van der Waals surface area contributed by atoms with Gasteiger partial charge < -0.3 is 36.9 Å². The monoisotopic (exact) mass is 489 g/mol. The van der Waals surface area contributed by atoms with Crippen LogP contribution in [0.25, 0.3) is 10.9 Å². The Morgan fingerprint density at radius 3 is 2.23 bits per heavy atom. The standard InChI is InChI=1S/C24H35N5O6/c1-12(2)9-19(24(34)35)28-21(31)13(3)27-23(33)20(14(4)30)29-22(32)17(25)10-15-11-26-18-8-6-5-7-16(15)18/h5-8,11-14,17,19-20,26,30H,9-10,25H2,1-4H3,(H,27,33)(H,28,31)(H,29,32)(H,34,35). The number of fused-ring (bicyclic) bond motifs is 1. The molecule has 5 atom stereocenters. The SMILES string of the molecule is CC(C)CC(NC(=O)C(C)NC(=O)C(NC(=O)C(N)Cc1c[nH]c2ccccc12)C(C)O)C(=O)O. The first-order chi connectivity index (χ1) is 16.4. The van der Waals surface area contributed by atoms with E-state index in [-0.39, 0.29) is 18.8 Å². The molecule has 5 unspecified atom stereocenters. The summed E-state index contributed by atoms with van der Waals surface area (Å²) in [5.74, 6) is -3.28. The summed E-state index contributed by atoms with van der Waals surface area (Å²) in [5, 5.41) is 27.6. The molecule has 11 heteroatoms. The number of carbonyl (C=O) groups excluding carboxylic acids is 3. The number of amides is 3. The van der Waals surface area contributed by atoms with Gasteiger partial charge in [-0.25, -0.2) is 4.79 Å². The van der Waals surface area contributed by atoms with E-state index in [0.717, 1.165) is 16.5 Å². The smallest absolute Gasteiger partial charge is 0.326 e. The van der Waals surface area contributed by atoms with Crippen molar-refractivity contribution in [3.63, 3.8) is 0 Å². The van der Waals surface area contributed by atoms with E-state index in [1.54, 1.807) is 6.20 Å². The summed E-state index contributed by atoms with van der Waals surface area (Å²) >= 11 is 0. The molecule has 8 N–H and O–H groups in total. The molecule has 0 radical (unpaired) electrons. The van der Waals surface area contributed by atoms with Crippen LogP contribution < -0.4 is 21.7 Å². The number of aliphatic carboxylic acids is 1. The minimum atomic E-state index is -1.36. The number of benzene rings is 1. The van der Waals surface area contributed by atoms with Crippen LogP contribution in [-0.2, 0) is 25.6 Å². The van der Waals surface area contributed by atoms with Crippen molar-refractivity contribution in [2.45, 2.75) is 70.8 Å². The maximum absolute atomic E-state index is 12.7. The van der Waals surface area contributed by atoms with Crippen molar-refractivity contribution in [2.75, 3.05) is 0 Å². The zero-order chi connectivity index (χ0) is 26.3. The van der Waals surface area contributed by atoms with E-state index in [0.29, 0.717) is 0 Å². The highest BCUT2D eigenvalue weighted by atomic mass is 16.4. The van der Waals surface area contributed by atoms with Gasteiger partial charge in [-0.05, 0) is 44.2 Å². The van der Waals surface area contributed by atoms with Gasteiger partial charge in [0.1, 0.15) is 18.1 Å². The van der Waals surface area contributed by atoms with Gasteiger partial charge in [-0.1, -0.05) is 32.0 Å². The fourth-order valence-electron chi connectivity index (χ4n) is 3.65. The number of hydrogen-bond acceptors (Lipinski definition) is 6. The van der Waals surface area contributed by atoms with Gasteiger partial charge in [-0.3, -0.25) is 14.4 Å². The van der Waals surface area contributed by atoms with Gasteiger partial charge in [0.2, 0.25) is 17.7 Å². The van der Waals surface area contributed by atoms with Gasteiger partial charge in [0.25, 0.3) is 0 Å². The van der Waals surface area contributed by atoms with Crippen LogP contribution in [0.4, 0.5) is 0 Å². The van der Waals surface area contributed by atoms with Gasteiger partial charge in [0.15, 0.2) is 0 Å². The number of hydrogen-bond donors (Lipinski definition) is 7. The second-order valence-electron chi connectivity index (χ2n) is 9.16. The number of nitrogens with one attached hydrogen (secondary N) is 4. The van der Waals surface area contributed by atoms with Crippen molar-refractivity contribution in [1.82, 2.24) is 20.9 Å². The maximum Gasteiger partial charge on any atom is 0.326 e. The molecule has 0 fully saturated rings. The topological polar surface area (TPSA) is 187 Å². The lowest BCUT2D eigenvalue weighted by atomic mass is 10.0. The third-order valence-electron chi connectivity index (χ3n) is 5.59. The second-order valence-corrected chi connectivity index (χ2v) is 9.16. The summed E-state index contributed by atoms with van der Waals surface area (Å²) in [5.41, 5.74) is 7.80. The third kappa shape index (κ3) is 7.79. The van der Waals surface area contributed by atoms with E-state index in [1.807, 2.05) is 38.1 Å². The molecule has 35 heavy (non-hydrogen) atoms. The lowest BCUT2D eigenvalue weighted by Gasteiger charge is -2.25. The van der Waals surface area contributed by atoms with Crippen LogP contribution in [0.3, 0.4) is 0 Å². The van der Waals surface area contributed by atoms with E-state index >= 15 is 0 Å². The minimum Gasteiger partial charge on any atom is -0.480 e. The van der Waals surface area contributed by atoms with Crippen LogP contribution in [0.1, 0.15) is 39.7 Å². The Hall–Kier alpha value is -3.44. The Kier molecular flexibility index (Phi) is 9.78. The molecule has 1 aromatic heterocycles. The molecule has 1 aromatic carbocycles. The van der Waals surface area contributed by atoms with Crippen LogP contribution in [0.15, 0.2) is 30.5 Å². The zero-order valence-corrected chi connectivity index (χ0v) is 20.4. The largest absolute Gasteiger partial charge is 0.480 e. The van der Waals surface area contributed by atoms with Crippen molar-refractivity contribution in [1.29, 1.82) is 0 Å². The van der Waals surface area contributed by atoms with Crippen LogP contribution in [0.2, 0.25) is 0 Å². The number of nitrogens with two attached hydrogens (primary N) is 1. The lowest BCUT2D eigenvalue weighted by Crippen LogP contribution is -2.59. The van der Waals surface area contributed by atoms with Crippen molar-refractivity contribution in [2.24, 2.45) is 11.7 Å². The average molecular weight is 490 g/mol. The summed E-state index contributed by atoms with van der Waals surface area (Å²) in [6, 6.07) is 3.00. The Balaban J connectivity index is 1.98. The second kappa shape index (κ2) is 12.3. The zero-order valence-electron chi connectivity index (χ0n) is 20.4. The first kappa shape index (κ1) is 27.8. The van der Waals surface area contributed by atoms with Crippen LogP contribution in [0.5, 0.6) is 0 Å². The third-order valence-corrected chi connectivity index (χ3v) is 5.59. The minimum absolute atomic E-state index is 0.0320. The van der Waals surface area contributed by atoms with Crippen molar-refractivity contribution in [3.05, 3.63) is 36.0 Å². The van der Waals surface area contributed by atoms with Gasteiger partial charge in [-0.15, -0.1) is 0 Å². The maximum atomic E-state index is 12.7. The number of carbonyl (C=O) groups is 4. The predicted octanol–water partition coefficient (Wildman–Crippen LogP) is 0.0235. The summed E-state index contributed by atoms with van der Waals surface area (Å²) in [6.07, 6.45) is 0.917. The molecule has 0 saturated heterocycles. The van der Waals surface area contributed by atoms with Crippen molar-refractivity contribution >= 4 is 34.6 Å². The summed E-state index contributed by atoms with van der Waals surface area (Å²) in [7, 11) is 0. The Morgan fingerprint density at radius 1 is 0.971 bits per heavy atom. The van der Waals surface area contributed by atoms with E-state index in [2.05, 4.69) is 20.9 Å². The van der Waals surface area contributed by atoms with Crippen molar-refractivity contribution < 1.29 is 29.4 Å². The van der Waals surface area contributed by atoms with Gasteiger partial charge >= 0.3 is 5.97 Å². The molecule has 2 aromatic rings. The van der Waals surface area contributed by atoms with Crippen LogP contribution >= 0.6 is 0 Å². The number of H-pyrrole nitrogens is 1. The molecule has 1 heterocycles. The van der Waals surface area contributed by atoms with E-state index < -0.39 is 54.0 Å². The molecule has 3 amide bonds. The molecular weight excluding hydrogens is 454 g/mol. The Morgan fingerprint density at radius 2 is 1.63 bits per heavy atom. The predicted molar refractivity (Wildman–Crippen MR) is 130 cm³/mol. The molecule has 0 spiro atoms. The van der Waals surface area contributed by atoms with Gasteiger partial charge in [0.05, 0.1) is 12.1 Å². The van der Waals surface area contributed by atoms with Crippen LogP contribution in [-0.4, -0.2) is 69.2 Å². The first-order valence-corrected chi connectivity index (χ1v) is 11.5. The number of aromatic nitrogens is 1. The molecule has 11 nitrogen and oxygen atoms in total. The lowest BCUT2D eigenvalue weighted by molar-refractivity contribution is -0.142. The van der Waals surface area contributed by atoms with E-state index in [9.17, 15) is 29.4 Å². The summed E-state index contributed by atoms with van der Waals surface area (Å²) < 4.78 is 0. The molecule has 0 saturated carbocycles. The quantitative estimate of drug-likeness (QED) is 0.219. The number of rotatable bonds is 12. The molecular formula is C24H35N5O6. The van der Waals surface area contributed by atoms with Gasteiger partial charge in [0, 0.05) is 17.1 Å². The van der Waals surface area contributed by atoms with Crippen LogP contribution in [0, 0.1) is 5.92 Å². The molecule has 0 aliphatic carbocycles. The average Bonchev–Trinajstić information content (AvgIpc) is 3.18. The van der Waals surface area contributed by atoms with Crippen molar-refractivity contribution in [3.8, 4) is 0 Å². The number of para-hydroxylation sites is 1. The highest BCUT2D eigenvalue weighted by Crippen LogP contribution is 2.18. The molecule has 2 rings (SSSR count). The Labute approximate surface area is 203 Å². The number of aliphatic hydroxyl groups is 1. The number of carboxylic acid groups (broad SMARTS) is 1. The summed E-state index contributed by atoms with van der Waals surface area (Å²) in [4.78, 5) is 52.3. The van der Waals surface area contributed by atoms with E-state index in [1.165, 1.54) is 13.8 Å². The molecule has 0 bridgehead atoms. The summed E-state index contributed by atoms with van der Waals surface area (Å²) in [6.45, 7) is 6.35. The van der Waals surface area contributed by atoms with E-state index in [4.69, 9.17) is 5.73 Å². The molecule has 0 aliphatic rings.